The van der Waals surface area contributed by atoms with Crippen LogP contribution in [0.3, 0.4) is 0 Å². The highest BCUT2D eigenvalue weighted by molar-refractivity contribution is 7.92. The fourth-order valence-corrected chi connectivity index (χ4v) is 5.51. The average molecular weight is 444 g/mol. The van der Waals surface area contributed by atoms with Crippen LogP contribution in [0.1, 0.15) is 38.6 Å². The van der Waals surface area contributed by atoms with Gasteiger partial charge >= 0.3 is 5.97 Å². The number of aromatic nitrogens is 1. The summed E-state index contributed by atoms with van der Waals surface area (Å²) in [4.78, 5) is 28.8. The molecular weight excluding hydrogens is 426 g/mol. The Balaban J connectivity index is 1.81. The normalized spacial score (nSPS) is 15.9. The number of nitrogens with zero attached hydrogens (tertiary/aromatic N) is 2. The number of methoxy groups -OCH3 is 1. The summed E-state index contributed by atoms with van der Waals surface area (Å²) in [7, 11) is -2.11. The molecule has 1 fully saturated rings. The lowest BCUT2D eigenvalue weighted by Crippen LogP contribution is -2.37. The van der Waals surface area contributed by atoms with Crippen LogP contribution in [0, 0.1) is 6.92 Å². The molecule has 0 atom stereocenters. The molecule has 2 aromatic rings. The number of carbonyl (C=O) groups is 2. The van der Waals surface area contributed by atoms with Gasteiger partial charge in [0, 0.05) is 11.4 Å². The molecule has 1 N–H and O–H groups in total. The van der Waals surface area contributed by atoms with Crippen molar-refractivity contribution in [2.75, 3.05) is 29.0 Å². The first-order chi connectivity index (χ1) is 13.2. The molecule has 1 aliphatic rings. The lowest BCUT2D eigenvalue weighted by atomic mass is 10.2. The maximum absolute atomic E-state index is 12.5. The molecule has 11 heteroatoms. The molecule has 28 heavy (non-hydrogen) atoms. The van der Waals surface area contributed by atoms with Gasteiger partial charge in [-0.25, -0.2) is 18.2 Å². The van der Waals surface area contributed by atoms with Gasteiger partial charge in [0.25, 0.3) is 5.91 Å². The highest BCUT2D eigenvalue weighted by Gasteiger charge is 2.27. The minimum Gasteiger partial charge on any atom is -0.464 e. The number of aryl methyl sites for hydroxylation is 1. The fourth-order valence-electron chi connectivity index (χ4n) is 2.82. The quantitative estimate of drug-likeness (QED) is 0.728. The second-order valence-corrected chi connectivity index (χ2v) is 9.75. The molecule has 0 unspecified atom stereocenters. The maximum atomic E-state index is 12.5. The van der Waals surface area contributed by atoms with Crippen molar-refractivity contribution in [3.63, 3.8) is 0 Å². The molecule has 0 radical (unpaired) electrons. The predicted molar refractivity (Wildman–Crippen MR) is 108 cm³/mol. The Morgan fingerprint density at radius 2 is 2.07 bits per heavy atom. The van der Waals surface area contributed by atoms with Crippen LogP contribution in [-0.2, 0) is 14.8 Å². The van der Waals surface area contributed by atoms with Crippen LogP contribution in [-0.4, -0.2) is 44.7 Å². The Kier molecular flexibility index (Phi) is 5.92. The van der Waals surface area contributed by atoms with E-state index in [0.717, 1.165) is 17.8 Å². The number of hydrogen-bond donors (Lipinski definition) is 1. The summed E-state index contributed by atoms with van der Waals surface area (Å²) in [5.41, 5.74) is 0.742. The summed E-state index contributed by atoms with van der Waals surface area (Å²) in [5, 5.41) is 2.96. The van der Waals surface area contributed by atoms with Gasteiger partial charge in [0.15, 0.2) is 10.8 Å². The van der Waals surface area contributed by atoms with Crippen LogP contribution in [0.25, 0.3) is 0 Å². The lowest BCUT2D eigenvalue weighted by Gasteiger charge is -2.28. The smallest absolute Gasteiger partial charge is 0.357 e. The molecule has 0 spiro atoms. The first kappa shape index (κ1) is 20.6. The standard InChI is InChI=1S/C17H18ClN3O5S2/c1-10-14(16(23)26-2)19-17(27-10)20-15(22)12-6-5-11(9-13(12)18)21-7-3-4-8-28(21,24)25/h5-6,9H,3-4,7-8H2,1-2H3,(H,19,20,22). The van der Waals surface area contributed by atoms with Gasteiger partial charge in [-0.2, -0.15) is 0 Å². The highest BCUT2D eigenvalue weighted by atomic mass is 35.5. The molecule has 2 heterocycles. The fraction of sp³-hybridized carbons (Fsp3) is 0.353. The first-order valence-corrected chi connectivity index (χ1v) is 11.2. The highest BCUT2D eigenvalue weighted by Crippen LogP contribution is 2.29. The van der Waals surface area contributed by atoms with E-state index in [4.69, 9.17) is 11.6 Å². The van der Waals surface area contributed by atoms with Crippen LogP contribution in [0.2, 0.25) is 5.02 Å². The molecule has 1 aromatic heterocycles. The van der Waals surface area contributed by atoms with E-state index in [2.05, 4.69) is 15.0 Å². The van der Waals surface area contributed by atoms with Crippen molar-refractivity contribution in [2.24, 2.45) is 0 Å². The van der Waals surface area contributed by atoms with E-state index in [1.165, 1.54) is 23.5 Å². The number of hydrogen-bond acceptors (Lipinski definition) is 7. The van der Waals surface area contributed by atoms with E-state index in [1.54, 1.807) is 13.0 Å². The molecule has 0 bridgehead atoms. The van der Waals surface area contributed by atoms with Gasteiger partial charge in [0.05, 0.1) is 29.1 Å². The zero-order valence-corrected chi connectivity index (χ0v) is 17.6. The molecule has 0 aliphatic carbocycles. The minimum atomic E-state index is -3.37. The largest absolute Gasteiger partial charge is 0.464 e. The van der Waals surface area contributed by atoms with Crippen LogP contribution in [0.15, 0.2) is 18.2 Å². The molecule has 1 aliphatic heterocycles. The van der Waals surface area contributed by atoms with Crippen LogP contribution in [0.4, 0.5) is 10.8 Å². The average Bonchev–Trinajstić information content (AvgIpc) is 3.00. The van der Waals surface area contributed by atoms with Gasteiger partial charge in [0.2, 0.25) is 10.0 Å². The van der Waals surface area contributed by atoms with E-state index in [0.29, 0.717) is 23.5 Å². The molecular formula is C17H18ClN3O5S2. The van der Waals surface area contributed by atoms with E-state index in [1.807, 2.05) is 0 Å². The first-order valence-electron chi connectivity index (χ1n) is 8.40. The summed E-state index contributed by atoms with van der Waals surface area (Å²) < 4.78 is 30.4. The van der Waals surface area contributed by atoms with E-state index in [9.17, 15) is 18.0 Å². The minimum absolute atomic E-state index is 0.0960. The Hall–Kier alpha value is -2.17. The topological polar surface area (TPSA) is 106 Å². The maximum Gasteiger partial charge on any atom is 0.357 e. The van der Waals surface area contributed by atoms with E-state index >= 15 is 0 Å². The SMILES string of the molecule is COC(=O)c1nc(NC(=O)c2ccc(N3CCCCS3(=O)=O)cc2Cl)sc1C. The number of halogens is 1. The molecule has 1 amide bonds. The monoisotopic (exact) mass is 443 g/mol. The second-order valence-electron chi connectivity index (χ2n) is 6.13. The van der Waals surface area contributed by atoms with Crippen LogP contribution < -0.4 is 9.62 Å². The summed E-state index contributed by atoms with van der Waals surface area (Å²) >= 11 is 7.38. The van der Waals surface area contributed by atoms with E-state index in [-0.39, 0.29) is 27.2 Å². The third kappa shape index (κ3) is 4.13. The Bertz CT molecular complexity index is 1040. The molecule has 150 valence electrons. The molecule has 1 saturated heterocycles. The Morgan fingerprint density at radius 1 is 1.32 bits per heavy atom. The summed E-state index contributed by atoms with van der Waals surface area (Å²) in [6, 6.07) is 4.49. The number of sulfonamides is 1. The van der Waals surface area contributed by atoms with Crippen molar-refractivity contribution in [3.8, 4) is 0 Å². The van der Waals surface area contributed by atoms with Gasteiger partial charge in [-0.15, -0.1) is 11.3 Å². The third-order valence-electron chi connectivity index (χ3n) is 4.23. The number of rotatable bonds is 4. The number of amides is 1. The molecule has 1 aromatic carbocycles. The van der Waals surface area contributed by atoms with Gasteiger partial charge in [0.1, 0.15) is 0 Å². The predicted octanol–water partition coefficient (Wildman–Crippen LogP) is 3.07. The van der Waals surface area contributed by atoms with Gasteiger partial charge in [-0.1, -0.05) is 11.6 Å². The Morgan fingerprint density at radius 3 is 2.71 bits per heavy atom. The molecule has 3 rings (SSSR count). The van der Waals surface area contributed by atoms with Crippen molar-refractivity contribution in [3.05, 3.63) is 39.4 Å². The number of benzene rings is 1. The zero-order chi connectivity index (χ0) is 20.5. The van der Waals surface area contributed by atoms with Crippen molar-refractivity contribution < 1.29 is 22.7 Å². The van der Waals surface area contributed by atoms with Crippen molar-refractivity contribution in [2.45, 2.75) is 19.8 Å². The van der Waals surface area contributed by atoms with Gasteiger partial charge in [-0.05, 0) is 38.0 Å². The van der Waals surface area contributed by atoms with Crippen molar-refractivity contribution >= 4 is 55.7 Å². The van der Waals surface area contributed by atoms with Crippen LogP contribution >= 0.6 is 22.9 Å². The summed E-state index contributed by atoms with van der Waals surface area (Å²) in [6.45, 7) is 2.08. The van der Waals surface area contributed by atoms with Crippen molar-refractivity contribution in [1.82, 2.24) is 4.98 Å². The summed E-state index contributed by atoms with van der Waals surface area (Å²) in [6.07, 6.45) is 1.40. The van der Waals surface area contributed by atoms with Gasteiger partial charge in [-0.3, -0.25) is 14.4 Å². The number of thiazole rings is 1. The number of esters is 1. The van der Waals surface area contributed by atoms with Gasteiger partial charge < -0.3 is 4.74 Å². The molecule has 0 saturated carbocycles. The van der Waals surface area contributed by atoms with Crippen molar-refractivity contribution in [1.29, 1.82) is 0 Å². The number of nitrogens with one attached hydrogen (secondary N) is 1. The van der Waals surface area contributed by atoms with E-state index < -0.39 is 21.9 Å². The number of ether oxygens (including phenoxy) is 1. The number of carbonyl (C=O) groups excluding carboxylic acids is 2. The summed E-state index contributed by atoms with van der Waals surface area (Å²) in [5.74, 6) is -0.999. The number of anilines is 2. The lowest BCUT2D eigenvalue weighted by molar-refractivity contribution is 0.0594. The third-order valence-corrected chi connectivity index (χ3v) is 7.30. The second kappa shape index (κ2) is 8.06. The molecule has 8 nitrogen and oxygen atoms in total. The van der Waals surface area contributed by atoms with Crippen LogP contribution in [0.5, 0.6) is 0 Å². The Labute approximate surface area is 171 Å². The zero-order valence-electron chi connectivity index (χ0n) is 15.2.